The number of fused-ring (bicyclic) bond motifs is 3. The number of alkyl halides is 3. The standard InChI is InChI=1S/C19H17F3N2O/c20-19(21,22)25-17-8-4-2-5-12(17)14-11-23-10-9-16-18(14)13-6-1-3-7-15(13)24-16/h1-8,14,23-24H,9-11H2. The Balaban J connectivity index is 1.87. The molecule has 1 atom stereocenters. The fraction of sp³-hybridized carbons (Fsp3) is 0.263. The van der Waals surface area contributed by atoms with Gasteiger partial charge < -0.3 is 15.0 Å². The van der Waals surface area contributed by atoms with E-state index in [0.29, 0.717) is 12.1 Å². The third-order valence-corrected chi connectivity index (χ3v) is 4.60. The zero-order chi connectivity index (χ0) is 17.4. The molecule has 0 saturated carbocycles. The first-order valence-corrected chi connectivity index (χ1v) is 8.18. The van der Waals surface area contributed by atoms with Crippen molar-refractivity contribution in [2.45, 2.75) is 18.7 Å². The minimum Gasteiger partial charge on any atom is -0.405 e. The number of aromatic amines is 1. The van der Waals surface area contributed by atoms with Crippen molar-refractivity contribution in [2.24, 2.45) is 0 Å². The second-order valence-electron chi connectivity index (χ2n) is 6.16. The predicted molar refractivity (Wildman–Crippen MR) is 89.8 cm³/mol. The quantitative estimate of drug-likeness (QED) is 0.724. The maximum Gasteiger partial charge on any atom is 0.573 e. The molecule has 0 bridgehead atoms. The van der Waals surface area contributed by atoms with E-state index in [4.69, 9.17) is 0 Å². The monoisotopic (exact) mass is 346 g/mol. The maximum atomic E-state index is 12.8. The fourth-order valence-electron chi connectivity index (χ4n) is 3.63. The topological polar surface area (TPSA) is 37.0 Å². The molecule has 0 spiro atoms. The van der Waals surface area contributed by atoms with E-state index in [-0.39, 0.29) is 11.7 Å². The van der Waals surface area contributed by atoms with Crippen molar-refractivity contribution in [1.82, 2.24) is 10.3 Å². The molecule has 0 saturated heterocycles. The van der Waals surface area contributed by atoms with Crippen LogP contribution in [0.2, 0.25) is 0 Å². The van der Waals surface area contributed by atoms with Crippen molar-refractivity contribution in [3.63, 3.8) is 0 Å². The SMILES string of the molecule is FC(F)(F)Oc1ccccc1C1CNCCc2[nH]c3ccccc3c21. The molecule has 2 heterocycles. The van der Waals surface area contributed by atoms with E-state index in [2.05, 4.69) is 15.0 Å². The lowest BCUT2D eigenvalue weighted by molar-refractivity contribution is -0.274. The molecule has 0 radical (unpaired) electrons. The van der Waals surface area contributed by atoms with E-state index in [9.17, 15) is 13.2 Å². The summed E-state index contributed by atoms with van der Waals surface area (Å²) in [6, 6.07) is 14.3. The van der Waals surface area contributed by atoms with Crippen LogP contribution in [0.3, 0.4) is 0 Å². The average molecular weight is 346 g/mol. The van der Waals surface area contributed by atoms with Gasteiger partial charge >= 0.3 is 6.36 Å². The first-order chi connectivity index (χ1) is 12.0. The highest BCUT2D eigenvalue weighted by Gasteiger charge is 2.34. The maximum absolute atomic E-state index is 12.8. The van der Waals surface area contributed by atoms with Gasteiger partial charge in [0.05, 0.1) is 0 Å². The number of ether oxygens (including phenoxy) is 1. The Labute approximate surface area is 142 Å². The zero-order valence-corrected chi connectivity index (χ0v) is 13.4. The summed E-state index contributed by atoms with van der Waals surface area (Å²) in [5.41, 5.74) is 3.67. The van der Waals surface area contributed by atoms with Crippen LogP contribution >= 0.6 is 0 Å². The molecule has 1 unspecified atom stereocenters. The largest absolute Gasteiger partial charge is 0.573 e. The van der Waals surface area contributed by atoms with Gasteiger partial charge in [-0.1, -0.05) is 36.4 Å². The minimum atomic E-state index is -4.71. The molecule has 0 aliphatic carbocycles. The molecule has 0 amide bonds. The van der Waals surface area contributed by atoms with Crippen LogP contribution in [0.5, 0.6) is 5.75 Å². The Morgan fingerprint density at radius 2 is 1.76 bits per heavy atom. The van der Waals surface area contributed by atoms with Crippen LogP contribution in [0, 0.1) is 0 Å². The lowest BCUT2D eigenvalue weighted by atomic mass is 9.88. The Morgan fingerprint density at radius 3 is 2.60 bits per heavy atom. The normalized spacial score (nSPS) is 18.0. The van der Waals surface area contributed by atoms with E-state index >= 15 is 0 Å². The van der Waals surface area contributed by atoms with Crippen LogP contribution in [0.4, 0.5) is 13.2 Å². The van der Waals surface area contributed by atoms with Crippen molar-refractivity contribution in [2.75, 3.05) is 13.1 Å². The van der Waals surface area contributed by atoms with Gasteiger partial charge in [0.1, 0.15) is 5.75 Å². The van der Waals surface area contributed by atoms with E-state index < -0.39 is 6.36 Å². The summed E-state index contributed by atoms with van der Waals surface area (Å²) in [6.07, 6.45) is -3.90. The molecular formula is C19H17F3N2O. The Morgan fingerprint density at radius 1 is 1.00 bits per heavy atom. The van der Waals surface area contributed by atoms with Gasteiger partial charge in [0, 0.05) is 47.6 Å². The smallest absolute Gasteiger partial charge is 0.405 e. The van der Waals surface area contributed by atoms with Gasteiger partial charge in [0.2, 0.25) is 0 Å². The molecule has 3 nitrogen and oxygen atoms in total. The number of H-pyrrole nitrogens is 1. The highest BCUT2D eigenvalue weighted by Crippen LogP contribution is 2.39. The lowest BCUT2D eigenvalue weighted by Gasteiger charge is -2.21. The molecule has 2 aromatic carbocycles. The van der Waals surface area contributed by atoms with E-state index in [1.807, 2.05) is 24.3 Å². The van der Waals surface area contributed by atoms with Crippen molar-refractivity contribution < 1.29 is 17.9 Å². The summed E-state index contributed by atoms with van der Waals surface area (Å²) in [6.45, 7) is 1.34. The third-order valence-electron chi connectivity index (χ3n) is 4.60. The van der Waals surface area contributed by atoms with E-state index in [1.165, 1.54) is 6.07 Å². The first kappa shape index (κ1) is 16.0. The van der Waals surface area contributed by atoms with Gasteiger partial charge in [0.25, 0.3) is 0 Å². The number of nitrogens with one attached hydrogen (secondary N) is 2. The molecule has 6 heteroatoms. The predicted octanol–water partition coefficient (Wildman–Crippen LogP) is 4.34. The van der Waals surface area contributed by atoms with Crippen LogP contribution in [0.1, 0.15) is 22.7 Å². The highest BCUT2D eigenvalue weighted by molar-refractivity contribution is 5.86. The molecule has 4 rings (SSSR count). The van der Waals surface area contributed by atoms with E-state index in [0.717, 1.165) is 35.1 Å². The van der Waals surface area contributed by atoms with Crippen LogP contribution in [-0.2, 0) is 6.42 Å². The average Bonchev–Trinajstić information content (AvgIpc) is 2.80. The number of halogens is 3. The van der Waals surface area contributed by atoms with Crippen molar-refractivity contribution in [3.05, 3.63) is 65.4 Å². The molecule has 2 N–H and O–H groups in total. The molecular weight excluding hydrogens is 329 g/mol. The minimum absolute atomic E-state index is 0.139. The van der Waals surface area contributed by atoms with Crippen molar-refractivity contribution in [3.8, 4) is 5.75 Å². The molecule has 0 fully saturated rings. The molecule has 1 aliphatic heterocycles. The highest BCUT2D eigenvalue weighted by atomic mass is 19.4. The van der Waals surface area contributed by atoms with Crippen LogP contribution < -0.4 is 10.1 Å². The Bertz CT molecular complexity index is 901. The zero-order valence-electron chi connectivity index (χ0n) is 13.4. The summed E-state index contributed by atoms with van der Waals surface area (Å²) < 4.78 is 42.7. The Hall–Kier alpha value is -2.47. The number of rotatable bonds is 2. The second-order valence-corrected chi connectivity index (χ2v) is 6.16. The summed E-state index contributed by atoms with van der Waals surface area (Å²) >= 11 is 0. The summed E-state index contributed by atoms with van der Waals surface area (Å²) in [7, 11) is 0. The molecule has 130 valence electrons. The van der Waals surface area contributed by atoms with Crippen LogP contribution in [0.25, 0.3) is 10.9 Å². The Kier molecular flexibility index (Phi) is 3.92. The second kappa shape index (κ2) is 6.11. The van der Waals surface area contributed by atoms with Crippen LogP contribution in [-0.4, -0.2) is 24.4 Å². The summed E-state index contributed by atoms with van der Waals surface area (Å²) in [4.78, 5) is 3.42. The molecule has 1 aliphatic rings. The lowest BCUT2D eigenvalue weighted by Crippen LogP contribution is -2.23. The van der Waals surface area contributed by atoms with Gasteiger partial charge in [0.15, 0.2) is 0 Å². The van der Waals surface area contributed by atoms with E-state index in [1.54, 1.807) is 18.2 Å². The first-order valence-electron chi connectivity index (χ1n) is 8.18. The van der Waals surface area contributed by atoms with Crippen molar-refractivity contribution in [1.29, 1.82) is 0 Å². The van der Waals surface area contributed by atoms with Gasteiger partial charge in [-0.25, -0.2) is 0 Å². The molecule has 3 aromatic rings. The third kappa shape index (κ3) is 3.09. The van der Waals surface area contributed by atoms with Gasteiger partial charge in [-0.3, -0.25) is 0 Å². The van der Waals surface area contributed by atoms with Crippen LogP contribution in [0.15, 0.2) is 48.5 Å². The summed E-state index contributed by atoms with van der Waals surface area (Å²) in [5, 5.41) is 4.38. The number of benzene rings is 2. The number of para-hydroxylation sites is 2. The summed E-state index contributed by atoms with van der Waals surface area (Å²) in [5.74, 6) is -0.355. The number of aromatic nitrogens is 1. The fourth-order valence-corrected chi connectivity index (χ4v) is 3.63. The molecule has 25 heavy (non-hydrogen) atoms. The van der Waals surface area contributed by atoms with Crippen molar-refractivity contribution >= 4 is 10.9 Å². The number of hydrogen-bond donors (Lipinski definition) is 2. The number of hydrogen-bond acceptors (Lipinski definition) is 2. The van der Waals surface area contributed by atoms with Gasteiger partial charge in [-0.15, -0.1) is 13.2 Å². The van der Waals surface area contributed by atoms with Gasteiger partial charge in [-0.05, 0) is 17.7 Å². The van der Waals surface area contributed by atoms with Gasteiger partial charge in [-0.2, -0.15) is 0 Å². The molecule has 1 aromatic heterocycles.